The lowest BCUT2D eigenvalue weighted by Gasteiger charge is -2.22. The molecule has 1 saturated heterocycles. The molecule has 0 radical (unpaired) electrons. The van der Waals surface area contributed by atoms with Crippen molar-refractivity contribution in [1.29, 1.82) is 0 Å². The SMILES string of the molecule is CCOc1cc2c(cc1C1CC1C(=O)N1CCC(C)(CN)C1)OC(C)C2.Cl. The highest BCUT2D eigenvalue weighted by molar-refractivity contribution is 5.85. The summed E-state index contributed by atoms with van der Waals surface area (Å²) in [6, 6.07) is 4.24. The van der Waals surface area contributed by atoms with E-state index < -0.39 is 0 Å². The minimum Gasteiger partial charge on any atom is -0.494 e. The number of carbonyl (C=O) groups excluding carboxylic acids is 1. The summed E-state index contributed by atoms with van der Waals surface area (Å²) >= 11 is 0. The van der Waals surface area contributed by atoms with Crippen LogP contribution in [0.25, 0.3) is 0 Å². The van der Waals surface area contributed by atoms with Crippen LogP contribution in [0, 0.1) is 11.3 Å². The van der Waals surface area contributed by atoms with Gasteiger partial charge in [-0.2, -0.15) is 0 Å². The van der Waals surface area contributed by atoms with Crippen LogP contribution in [0.5, 0.6) is 11.5 Å². The number of amides is 1. The van der Waals surface area contributed by atoms with Gasteiger partial charge in [0, 0.05) is 42.5 Å². The zero-order chi connectivity index (χ0) is 18.5. The predicted octanol–water partition coefficient (Wildman–Crippen LogP) is 3.13. The zero-order valence-corrected chi connectivity index (χ0v) is 17.3. The smallest absolute Gasteiger partial charge is 0.226 e. The summed E-state index contributed by atoms with van der Waals surface area (Å²) in [6.45, 7) is 9.16. The summed E-state index contributed by atoms with van der Waals surface area (Å²) in [5.41, 5.74) is 8.32. The maximum Gasteiger partial charge on any atom is 0.226 e. The largest absolute Gasteiger partial charge is 0.494 e. The molecule has 0 aromatic heterocycles. The molecule has 2 heterocycles. The number of rotatable bonds is 5. The van der Waals surface area contributed by atoms with E-state index in [1.165, 1.54) is 5.56 Å². The van der Waals surface area contributed by atoms with Crippen LogP contribution < -0.4 is 15.2 Å². The molecule has 2 fully saturated rings. The number of nitrogens with two attached hydrogens (primary N) is 1. The van der Waals surface area contributed by atoms with E-state index in [0.29, 0.717) is 13.2 Å². The van der Waals surface area contributed by atoms with Gasteiger partial charge in [0.05, 0.1) is 6.61 Å². The van der Waals surface area contributed by atoms with E-state index in [0.717, 1.165) is 49.4 Å². The van der Waals surface area contributed by atoms with E-state index in [2.05, 4.69) is 26.0 Å². The lowest BCUT2D eigenvalue weighted by molar-refractivity contribution is -0.132. The quantitative estimate of drug-likeness (QED) is 0.833. The van der Waals surface area contributed by atoms with Gasteiger partial charge in [-0.1, -0.05) is 6.92 Å². The fourth-order valence-corrected chi connectivity index (χ4v) is 4.45. The second-order valence-corrected chi connectivity index (χ2v) is 8.54. The van der Waals surface area contributed by atoms with E-state index in [-0.39, 0.29) is 41.7 Å². The molecule has 1 aliphatic carbocycles. The van der Waals surface area contributed by atoms with Crippen LogP contribution in [0.3, 0.4) is 0 Å². The van der Waals surface area contributed by atoms with Crippen molar-refractivity contribution in [3.63, 3.8) is 0 Å². The summed E-state index contributed by atoms with van der Waals surface area (Å²) in [4.78, 5) is 15.0. The van der Waals surface area contributed by atoms with E-state index in [1.54, 1.807) is 0 Å². The van der Waals surface area contributed by atoms with Crippen LogP contribution in [0.15, 0.2) is 12.1 Å². The number of hydrogen-bond acceptors (Lipinski definition) is 4. The van der Waals surface area contributed by atoms with Crippen molar-refractivity contribution in [3.05, 3.63) is 23.3 Å². The number of likely N-dealkylation sites (tertiary alicyclic amines) is 1. The maximum absolute atomic E-state index is 13.0. The lowest BCUT2D eigenvalue weighted by atomic mass is 9.90. The Kier molecular flexibility index (Phi) is 5.64. The molecular formula is C21H31ClN2O3. The number of benzene rings is 1. The molecule has 2 N–H and O–H groups in total. The Labute approximate surface area is 168 Å². The Morgan fingerprint density at radius 3 is 2.89 bits per heavy atom. The Balaban J connectivity index is 0.00000210. The van der Waals surface area contributed by atoms with Gasteiger partial charge >= 0.3 is 0 Å². The summed E-state index contributed by atoms with van der Waals surface area (Å²) < 4.78 is 11.8. The Hall–Kier alpha value is -1.46. The number of fused-ring (bicyclic) bond motifs is 1. The molecule has 3 aliphatic rings. The maximum atomic E-state index is 13.0. The van der Waals surface area contributed by atoms with Crippen LogP contribution in [0.2, 0.25) is 0 Å². The van der Waals surface area contributed by atoms with E-state index in [1.807, 2.05) is 11.8 Å². The van der Waals surface area contributed by atoms with Gasteiger partial charge < -0.3 is 20.1 Å². The van der Waals surface area contributed by atoms with Crippen molar-refractivity contribution in [1.82, 2.24) is 4.90 Å². The fourth-order valence-electron chi connectivity index (χ4n) is 4.45. The van der Waals surface area contributed by atoms with Gasteiger partial charge in [-0.3, -0.25) is 4.79 Å². The monoisotopic (exact) mass is 394 g/mol. The van der Waals surface area contributed by atoms with Crippen molar-refractivity contribution in [2.24, 2.45) is 17.1 Å². The standard InChI is InChI=1S/C21H30N2O3.ClH/c1-4-25-19-8-14-7-13(2)26-18(14)10-16(19)15-9-17(15)20(24)23-6-5-21(3,11-22)12-23;/h8,10,13,15,17H,4-7,9,11-12,22H2,1-3H3;1H. The second kappa shape index (κ2) is 7.51. The molecule has 1 amide bonds. The average Bonchev–Trinajstić information content (AvgIpc) is 3.18. The molecule has 4 rings (SSSR count). The first-order chi connectivity index (χ1) is 12.4. The summed E-state index contributed by atoms with van der Waals surface area (Å²) in [5.74, 6) is 2.50. The van der Waals surface area contributed by atoms with E-state index >= 15 is 0 Å². The van der Waals surface area contributed by atoms with Gasteiger partial charge in [-0.15, -0.1) is 12.4 Å². The third-order valence-corrected chi connectivity index (χ3v) is 6.20. The molecule has 27 heavy (non-hydrogen) atoms. The molecule has 0 bridgehead atoms. The molecule has 1 saturated carbocycles. The topological polar surface area (TPSA) is 64.8 Å². The molecular weight excluding hydrogens is 364 g/mol. The van der Waals surface area contributed by atoms with Crippen molar-refractivity contribution < 1.29 is 14.3 Å². The first kappa shape index (κ1) is 20.3. The van der Waals surface area contributed by atoms with Gasteiger partial charge in [0.15, 0.2) is 0 Å². The highest BCUT2D eigenvalue weighted by atomic mass is 35.5. The average molecular weight is 395 g/mol. The van der Waals surface area contributed by atoms with Crippen molar-refractivity contribution in [2.75, 3.05) is 26.2 Å². The van der Waals surface area contributed by atoms with Crippen LogP contribution in [0.1, 0.15) is 50.7 Å². The van der Waals surface area contributed by atoms with Gasteiger partial charge in [-0.25, -0.2) is 0 Å². The van der Waals surface area contributed by atoms with Crippen molar-refractivity contribution in [3.8, 4) is 11.5 Å². The molecule has 150 valence electrons. The highest BCUT2D eigenvalue weighted by Crippen LogP contribution is 2.53. The number of hydrogen-bond donors (Lipinski definition) is 1. The Morgan fingerprint density at radius 1 is 1.44 bits per heavy atom. The van der Waals surface area contributed by atoms with Crippen LogP contribution in [-0.2, 0) is 11.2 Å². The van der Waals surface area contributed by atoms with Crippen LogP contribution in [-0.4, -0.2) is 43.2 Å². The van der Waals surface area contributed by atoms with Crippen molar-refractivity contribution >= 4 is 18.3 Å². The fraction of sp³-hybridized carbons (Fsp3) is 0.667. The minimum absolute atomic E-state index is 0. The summed E-state index contributed by atoms with van der Waals surface area (Å²) in [7, 11) is 0. The first-order valence-corrected chi connectivity index (χ1v) is 9.89. The number of carbonyl (C=O) groups is 1. The van der Waals surface area contributed by atoms with Gasteiger partial charge in [0.2, 0.25) is 5.91 Å². The molecule has 4 atom stereocenters. The molecule has 1 aromatic carbocycles. The van der Waals surface area contributed by atoms with Gasteiger partial charge in [0.1, 0.15) is 17.6 Å². The molecule has 5 nitrogen and oxygen atoms in total. The number of nitrogens with zero attached hydrogens (tertiary/aromatic N) is 1. The molecule has 1 aromatic rings. The van der Waals surface area contributed by atoms with E-state index in [9.17, 15) is 4.79 Å². The Bertz CT molecular complexity index is 726. The molecule has 2 aliphatic heterocycles. The highest BCUT2D eigenvalue weighted by Gasteiger charge is 2.49. The number of ether oxygens (including phenoxy) is 2. The zero-order valence-electron chi connectivity index (χ0n) is 16.5. The van der Waals surface area contributed by atoms with Gasteiger partial charge in [-0.05, 0) is 50.8 Å². The Morgan fingerprint density at radius 2 is 2.22 bits per heavy atom. The van der Waals surface area contributed by atoms with Crippen LogP contribution >= 0.6 is 12.4 Å². The van der Waals surface area contributed by atoms with Crippen molar-refractivity contribution in [2.45, 2.75) is 52.1 Å². The van der Waals surface area contributed by atoms with E-state index in [4.69, 9.17) is 15.2 Å². The lowest BCUT2D eigenvalue weighted by Crippen LogP contribution is -2.35. The van der Waals surface area contributed by atoms with Crippen LogP contribution in [0.4, 0.5) is 0 Å². The third kappa shape index (κ3) is 3.77. The summed E-state index contributed by atoms with van der Waals surface area (Å²) in [6.07, 6.45) is 3.04. The molecule has 6 heteroatoms. The third-order valence-electron chi connectivity index (χ3n) is 6.20. The molecule has 4 unspecified atom stereocenters. The molecule has 0 spiro atoms. The minimum atomic E-state index is 0. The predicted molar refractivity (Wildman–Crippen MR) is 108 cm³/mol. The summed E-state index contributed by atoms with van der Waals surface area (Å²) in [5, 5.41) is 0. The first-order valence-electron chi connectivity index (χ1n) is 9.89. The van der Waals surface area contributed by atoms with Gasteiger partial charge in [0.25, 0.3) is 0 Å². The normalized spacial score (nSPS) is 31.1. The second-order valence-electron chi connectivity index (χ2n) is 8.54. The number of halogens is 1.